The summed E-state index contributed by atoms with van der Waals surface area (Å²) in [5.41, 5.74) is 6.99. The van der Waals surface area contributed by atoms with Crippen LogP contribution in [0.3, 0.4) is 0 Å². The van der Waals surface area contributed by atoms with Gasteiger partial charge in [0.2, 0.25) is 0 Å². The number of carbonyl (C=O) groups excluding carboxylic acids is 3. The van der Waals surface area contributed by atoms with Crippen molar-refractivity contribution in [3.63, 3.8) is 0 Å². The molecule has 102 valence electrons. The summed E-state index contributed by atoms with van der Waals surface area (Å²) >= 11 is 0. The SMILES string of the molecule is Cc1cc(C)cc(C(=O)O[C@@H](C)C(=O)NC(N)=O)c1. The summed E-state index contributed by atoms with van der Waals surface area (Å²) in [5, 5.41) is 1.84. The maximum atomic E-state index is 11.8. The van der Waals surface area contributed by atoms with Gasteiger partial charge in [0.25, 0.3) is 5.91 Å². The van der Waals surface area contributed by atoms with Crippen LogP contribution in [0.15, 0.2) is 18.2 Å². The number of esters is 1. The van der Waals surface area contributed by atoms with E-state index < -0.39 is 24.0 Å². The van der Waals surface area contributed by atoms with Crippen LogP contribution in [-0.4, -0.2) is 24.0 Å². The number of hydrogen-bond donors (Lipinski definition) is 2. The van der Waals surface area contributed by atoms with Crippen LogP contribution in [-0.2, 0) is 9.53 Å². The van der Waals surface area contributed by atoms with Gasteiger partial charge in [-0.1, -0.05) is 17.2 Å². The van der Waals surface area contributed by atoms with Crippen molar-refractivity contribution in [1.29, 1.82) is 0 Å². The Morgan fingerprint density at radius 3 is 2.16 bits per heavy atom. The third kappa shape index (κ3) is 4.42. The predicted molar refractivity (Wildman–Crippen MR) is 68.5 cm³/mol. The van der Waals surface area contributed by atoms with Gasteiger partial charge < -0.3 is 10.5 Å². The number of imide groups is 1. The lowest BCUT2D eigenvalue weighted by atomic mass is 10.1. The fourth-order valence-electron chi connectivity index (χ4n) is 1.60. The first-order valence-electron chi connectivity index (χ1n) is 5.69. The molecule has 0 bridgehead atoms. The van der Waals surface area contributed by atoms with E-state index in [9.17, 15) is 14.4 Å². The molecule has 6 nitrogen and oxygen atoms in total. The lowest BCUT2D eigenvalue weighted by molar-refractivity contribution is -0.127. The standard InChI is InChI=1S/C13H16N2O4/c1-7-4-8(2)6-10(5-7)12(17)19-9(3)11(16)15-13(14)18/h4-6,9H,1-3H3,(H3,14,15,16,18)/t9-/m0/s1. The molecule has 1 rings (SSSR count). The molecule has 0 heterocycles. The Hall–Kier alpha value is -2.37. The molecule has 0 aromatic heterocycles. The minimum absolute atomic E-state index is 0.358. The van der Waals surface area contributed by atoms with E-state index in [1.54, 1.807) is 12.1 Å². The summed E-state index contributed by atoms with van der Waals surface area (Å²) in [5.74, 6) is -1.39. The third-order valence-electron chi connectivity index (χ3n) is 2.36. The minimum Gasteiger partial charge on any atom is -0.449 e. The van der Waals surface area contributed by atoms with Crippen LogP contribution in [0.25, 0.3) is 0 Å². The molecule has 3 amide bonds. The molecule has 1 aromatic carbocycles. The number of nitrogens with one attached hydrogen (secondary N) is 1. The second-order valence-electron chi connectivity index (χ2n) is 4.28. The van der Waals surface area contributed by atoms with Crippen LogP contribution in [0.2, 0.25) is 0 Å². The van der Waals surface area contributed by atoms with Crippen LogP contribution < -0.4 is 11.1 Å². The number of carbonyl (C=O) groups is 3. The zero-order chi connectivity index (χ0) is 14.6. The largest absolute Gasteiger partial charge is 0.449 e. The van der Waals surface area contributed by atoms with E-state index in [-0.39, 0.29) is 0 Å². The van der Waals surface area contributed by atoms with Crippen molar-refractivity contribution < 1.29 is 19.1 Å². The first-order chi connectivity index (χ1) is 8.79. The topological polar surface area (TPSA) is 98.5 Å². The molecule has 0 aliphatic rings. The third-order valence-corrected chi connectivity index (χ3v) is 2.36. The average Bonchev–Trinajstić information content (AvgIpc) is 2.26. The molecule has 0 radical (unpaired) electrons. The van der Waals surface area contributed by atoms with E-state index >= 15 is 0 Å². The van der Waals surface area contributed by atoms with Crippen LogP contribution >= 0.6 is 0 Å². The number of nitrogens with two attached hydrogens (primary N) is 1. The molecule has 1 atom stereocenters. The first-order valence-corrected chi connectivity index (χ1v) is 5.69. The zero-order valence-electron chi connectivity index (χ0n) is 11.0. The van der Waals surface area contributed by atoms with Gasteiger partial charge in [-0.2, -0.15) is 0 Å². The molecule has 0 saturated carbocycles. The maximum Gasteiger partial charge on any atom is 0.338 e. The number of amides is 3. The number of hydrogen-bond acceptors (Lipinski definition) is 4. The molecule has 6 heteroatoms. The Morgan fingerprint density at radius 1 is 1.16 bits per heavy atom. The number of primary amides is 1. The maximum absolute atomic E-state index is 11.8. The summed E-state index contributed by atoms with van der Waals surface area (Å²) in [6, 6.07) is 4.25. The van der Waals surface area contributed by atoms with Crippen molar-refractivity contribution in [2.45, 2.75) is 26.9 Å². The summed E-state index contributed by atoms with van der Waals surface area (Å²) in [4.78, 5) is 33.7. The Bertz CT molecular complexity index is 505. The molecule has 0 saturated heterocycles. The molecule has 1 aromatic rings. The van der Waals surface area contributed by atoms with Gasteiger partial charge in [0, 0.05) is 0 Å². The molecule has 0 fully saturated rings. The average molecular weight is 264 g/mol. The van der Waals surface area contributed by atoms with Crippen molar-refractivity contribution in [2.75, 3.05) is 0 Å². The highest BCUT2D eigenvalue weighted by Gasteiger charge is 2.20. The summed E-state index contributed by atoms with van der Waals surface area (Å²) in [7, 11) is 0. The molecule has 0 spiro atoms. The Labute approximate surface area is 110 Å². The smallest absolute Gasteiger partial charge is 0.338 e. The predicted octanol–water partition coefficient (Wildman–Crippen LogP) is 1.04. The zero-order valence-corrected chi connectivity index (χ0v) is 11.0. The Morgan fingerprint density at radius 2 is 1.68 bits per heavy atom. The minimum atomic E-state index is -1.10. The van der Waals surface area contributed by atoms with Crippen LogP contribution in [0.4, 0.5) is 4.79 Å². The van der Waals surface area contributed by atoms with Crippen molar-refractivity contribution in [3.05, 3.63) is 34.9 Å². The summed E-state index contributed by atoms with van der Waals surface area (Å²) < 4.78 is 4.95. The monoisotopic (exact) mass is 264 g/mol. The van der Waals surface area contributed by atoms with E-state index in [1.807, 2.05) is 25.2 Å². The summed E-state index contributed by atoms with van der Waals surface area (Å²) in [6.45, 7) is 5.07. The van der Waals surface area contributed by atoms with Crippen molar-refractivity contribution in [1.82, 2.24) is 5.32 Å². The van der Waals surface area contributed by atoms with Crippen molar-refractivity contribution in [3.8, 4) is 0 Å². The van der Waals surface area contributed by atoms with Gasteiger partial charge in [0.1, 0.15) is 0 Å². The first kappa shape index (κ1) is 14.7. The van der Waals surface area contributed by atoms with Gasteiger partial charge in [0.05, 0.1) is 5.56 Å². The lowest BCUT2D eigenvalue weighted by Gasteiger charge is -2.12. The highest BCUT2D eigenvalue weighted by atomic mass is 16.5. The van der Waals surface area contributed by atoms with Gasteiger partial charge in [0.15, 0.2) is 6.10 Å². The molecule has 19 heavy (non-hydrogen) atoms. The van der Waals surface area contributed by atoms with Crippen LogP contribution in [0.5, 0.6) is 0 Å². The van der Waals surface area contributed by atoms with Crippen LogP contribution in [0, 0.1) is 13.8 Å². The molecule has 0 aliphatic heterocycles. The number of urea groups is 1. The number of benzene rings is 1. The summed E-state index contributed by atoms with van der Waals surface area (Å²) in [6.07, 6.45) is -1.10. The number of aryl methyl sites for hydroxylation is 2. The van der Waals surface area contributed by atoms with Crippen molar-refractivity contribution >= 4 is 17.9 Å². The number of ether oxygens (including phenoxy) is 1. The van der Waals surface area contributed by atoms with Gasteiger partial charge in [-0.25, -0.2) is 9.59 Å². The molecular weight excluding hydrogens is 248 g/mol. The fourth-order valence-corrected chi connectivity index (χ4v) is 1.60. The van der Waals surface area contributed by atoms with Gasteiger partial charge in [-0.05, 0) is 32.9 Å². The quantitative estimate of drug-likeness (QED) is 0.797. The molecular formula is C13H16N2O4. The Balaban J connectivity index is 2.74. The van der Waals surface area contributed by atoms with E-state index in [2.05, 4.69) is 0 Å². The normalized spacial score (nSPS) is 11.5. The van der Waals surface area contributed by atoms with E-state index in [0.29, 0.717) is 5.56 Å². The molecule has 3 N–H and O–H groups in total. The molecule has 0 unspecified atom stereocenters. The lowest BCUT2D eigenvalue weighted by Crippen LogP contribution is -2.42. The molecule has 0 aliphatic carbocycles. The fraction of sp³-hybridized carbons (Fsp3) is 0.308. The second-order valence-corrected chi connectivity index (χ2v) is 4.28. The van der Waals surface area contributed by atoms with E-state index in [0.717, 1.165) is 11.1 Å². The number of rotatable bonds is 3. The van der Waals surface area contributed by atoms with Crippen molar-refractivity contribution in [2.24, 2.45) is 5.73 Å². The van der Waals surface area contributed by atoms with E-state index in [1.165, 1.54) is 6.92 Å². The Kier molecular flexibility index (Phi) is 4.63. The van der Waals surface area contributed by atoms with Gasteiger partial charge in [-0.3, -0.25) is 10.1 Å². The second kappa shape index (κ2) is 5.99. The highest BCUT2D eigenvalue weighted by Crippen LogP contribution is 2.11. The highest BCUT2D eigenvalue weighted by molar-refractivity contribution is 5.98. The van der Waals surface area contributed by atoms with Gasteiger partial charge >= 0.3 is 12.0 Å². The van der Waals surface area contributed by atoms with Crippen LogP contribution in [0.1, 0.15) is 28.4 Å². The van der Waals surface area contributed by atoms with E-state index in [4.69, 9.17) is 10.5 Å². The van der Waals surface area contributed by atoms with Gasteiger partial charge in [-0.15, -0.1) is 0 Å².